The van der Waals surface area contributed by atoms with Gasteiger partial charge in [-0.3, -0.25) is 5.32 Å². The zero-order chi connectivity index (χ0) is 14.0. The lowest BCUT2D eigenvalue weighted by Gasteiger charge is -2.32. The normalized spacial score (nSPS) is 24.3. The molecule has 19 heavy (non-hydrogen) atoms. The molecule has 2 nitrogen and oxygen atoms in total. The topological polar surface area (TPSA) is 21.3 Å². The Morgan fingerprint density at radius 1 is 1.26 bits per heavy atom. The van der Waals surface area contributed by atoms with Crippen molar-refractivity contribution in [3.05, 3.63) is 29.6 Å². The van der Waals surface area contributed by atoms with Gasteiger partial charge in [0.25, 0.3) is 0 Å². The Hall–Kier alpha value is -1.30. The highest BCUT2D eigenvalue weighted by molar-refractivity contribution is 5.33. The zero-order valence-corrected chi connectivity index (χ0v) is 10.4. The Morgan fingerprint density at radius 3 is 2.63 bits per heavy atom. The Bertz CT molecular complexity index is 447. The van der Waals surface area contributed by atoms with Crippen molar-refractivity contribution in [3.63, 3.8) is 0 Å². The number of benzene rings is 1. The van der Waals surface area contributed by atoms with E-state index in [1.54, 1.807) is 6.07 Å². The third-order valence-electron chi connectivity index (χ3n) is 3.37. The van der Waals surface area contributed by atoms with Crippen LogP contribution in [0.25, 0.3) is 0 Å². The standard InChI is InChI=1S/C13H15F4NO/c1-19-10-6-2-4-8(12(10)14)9-5-3-7-11(18-9)13(15,16)17/h2,4,6,9,11,18H,3,5,7H2,1H3. The van der Waals surface area contributed by atoms with Crippen molar-refractivity contribution in [1.82, 2.24) is 5.32 Å². The molecule has 1 aliphatic rings. The fraction of sp³-hybridized carbons (Fsp3) is 0.538. The summed E-state index contributed by atoms with van der Waals surface area (Å²) in [5.74, 6) is -0.543. The highest BCUT2D eigenvalue weighted by atomic mass is 19.4. The van der Waals surface area contributed by atoms with E-state index in [-0.39, 0.29) is 17.7 Å². The third-order valence-corrected chi connectivity index (χ3v) is 3.37. The molecule has 1 aromatic carbocycles. The lowest BCUT2D eigenvalue weighted by atomic mass is 9.92. The molecule has 0 aromatic heterocycles. The predicted octanol–water partition coefficient (Wildman–Crippen LogP) is 3.58. The highest BCUT2D eigenvalue weighted by Crippen LogP contribution is 2.35. The summed E-state index contributed by atoms with van der Waals surface area (Å²) in [6.45, 7) is 0. The fourth-order valence-electron chi connectivity index (χ4n) is 2.39. The maximum atomic E-state index is 14.0. The number of hydrogen-bond acceptors (Lipinski definition) is 2. The Kier molecular flexibility index (Phi) is 3.99. The average molecular weight is 277 g/mol. The number of piperidine rings is 1. The molecule has 0 amide bonds. The smallest absolute Gasteiger partial charge is 0.403 e. The van der Waals surface area contributed by atoms with Gasteiger partial charge in [-0.2, -0.15) is 13.2 Å². The van der Waals surface area contributed by atoms with Gasteiger partial charge in [-0.25, -0.2) is 4.39 Å². The van der Waals surface area contributed by atoms with E-state index in [0.29, 0.717) is 12.8 Å². The van der Waals surface area contributed by atoms with Crippen LogP contribution in [0.5, 0.6) is 5.75 Å². The maximum absolute atomic E-state index is 14.0. The van der Waals surface area contributed by atoms with Crippen molar-refractivity contribution in [2.45, 2.75) is 37.5 Å². The minimum atomic E-state index is -4.30. The first-order chi connectivity index (χ1) is 8.93. The Morgan fingerprint density at radius 2 is 2.00 bits per heavy atom. The molecule has 1 heterocycles. The minimum absolute atomic E-state index is 0.0333. The van der Waals surface area contributed by atoms with Gasteiger partial charge in [0.1, 0.15) is 6.04 Å². The van der Waals surface area contributed by atoms with Crippen LogP contribution in [0, 0.1) is 5.82 Å². The summed E-state index contributed by atoms with van der Waals surface area (Å²) in [4.78, 5) is 0. The van der Waals surface area contributed by atoms with Crippen LogP contribution >= 0.6 is 0 Å². The van der Waals surface area contributed by atoms with Crippen LogP contribution in [0.4, 0.5) is 17.6 Å². The Labute approximate surface area is 108 Å². The molecule has 1 N–H and O–H groups in total. The second-order valence-corrected chi connectivity index (χ2v) is 4.61. The summed E-state index contributed by atoms with van der Waals surface area (Å²) in [6, 6.07) is 2.32. The van der Waals surface area contributed by atoms with Crippen molar-refractivity contribution in [2.24, 2.45) is 0 Å². The monoisotopic (exact) mass is 277 g/mol. The molecule has 0 aliphatic carbocycles. The SMILES string of the molecule is COc1cccc(C2CCCC(C(F)(F)F)N2)c1F. The first-order valence-electron chi connectivity index (χ1n) is 6.08. The van der Waals surface area contributed by atoms with Gasteiger partial charge < -0.3 is 4.74 Å². The summed E-state index contributed by atoms with van der Waals surface area (Å²) in [6.07, 6.45) is -3.37. The largest absolute Gasteiger partial charge is 0.494 e. The van der Waals surface area contributed by atoms with Gasteiger partial charge in [-0.15, -0.1) is 0 Å². The van der Waals surface area contributed by atoms with E-state index in [0.717, 1.165) is 0 Å². The van der Waals surface area contributed by atoms with Crippen LogP contribution in [0.15, 0.2) is 18.2 Å². The van der Waals surface area contributed by atoms with Crippen molar-refractivity contribution < 1.29 is 22.3 Å². The van der Waals surface area contributed by atoms with Crippen LogP contribution in [0.3, 0.4) is 0 Å². The molecule has 0 radical (unpaired) electrons. The molecule has 1 fully saturated rings. The lowest BCUT2D eigenvalue weighted by molar-refractivity contribution is -0.163. The number of hydrogen-bond donors (Lipinski definition) is 1. The number of nitrogens with one attached hydrogen (secondary N) is 1. The van der Waals surface area contributed by atoms with Gasteiger partial charge in [-0.05, 0) is 25.3 Å². The van der Waals surface area contributed by atoms with Gasteiger partial charge in [0, 0.05) is 11.6 Å². The lowest BCUT2D eigenvalue weighted by Crippen LogP contribution is -2.46. The van der Waals surface area contributed by atoms with Gasteiger partial charge in [0.05, 0.1) is 7.11 Å². The molecule has 2 atom stereocenters. The number of methoxy groups -OCH3 is 1. The average Bonchev–Trinajstić information content (AvgIpc) is 2.38. The van der Waals surface area contributed by atoms with E-state index in [9.17, 15) is 17.6 Å². The molecule has 6 heteroatoms. The van der Waals surface area contributed by atoms with Gasteiger partial charge >= 0.3 is 6.18 Å². The third kappa shape index (κ3) is 3.00. The minimum Gasteiger partial charge on any atom is -0.494 e. The molecule has 2 rings (SSSR count). The first kappa shape index (κ1) is 14.1. The molecule has 1 saturated heterocycles. The van der Waals surface area contributed by atoms with Crippen molar-refractivity contribution in [3.8, 4) is 5.75 Å². The van der Waals surface area contributed by atoms with Gasteiger partial charge in [-0.1, -0.05) is 12.1 Å². The molecular formula is C13H15F4NO. The summed E-state index contributed by atoms with van der Waals surface area (Å²) in [5, 5.41) is 2.48. The molecular weight excluding hydrogens is 262 g/mol. The summed E-state index contributed by atoms with van der Waals surface area (Å²) < 4.78 is 57.0. The van der Waals surface area contributed by atoms with E-state index in [1.165, 1.54) is 19.2 Å². The molecule has 106 valence electrons. The number of halogens is 4. The maximum Gasteiger partial charge on any atom is 0.403 e. The van der Waals surface area contributed by atoms with E-state index in [4.69, 9.17) is 4.74 Å². The summed E-state index contributed by atoms with van der Waals surface area (Å²) >= 11 is 0. The van der Waals surface area contributed by atoms with E-state index < -0.39 is 24.1 Å². The molecule has 0 bridgehead atoms. The first-order valence-corrected chi connectivity index (χ1v) is 6.08. The van der Waals surface area contributed by atoms with Gasteiger partial charge in [0.15, 0.2) is 11.6 Å². The molecule has 2 unspecified atom stereocenters. The van der Waals surface area contributed by atoms with Crippen LogP contribution in [0.2, 0.25) is 0 Å². The number of ether oxygens (including phenoxy) is 1. The van der Waals surface area contributed by atoms with E-state index in [2.05, 4.69) is 5.32 Å². The molecule has 0 spiro atoms. The number of alkyl halides is 3. The van der Waals surface area contributed by atoms with E-state index in [1.807, 2.05) is 0 Å². The quantitative estimate of drug-likeness (QED) is 0.834. The van der Waals surface area contributed by atoms with Gasteiger partial charge in [0.2, 0.25) is 0 Å². The van der Waals surface area contributed by atoms with Crippen molar-refractivity contribution >= 4 is 0 Å². The molecule has 0 saturated carbocycles. The summed E-state index contributed by atoms with van der Waals surface area (Å²) in [7, 11) is 1.33. The van der Waals surface area contributed by atoms with Crippen LogP contribution in [0.1, 0.15) is 30.9 Å². The van der Waals surface area contributed by atoms with Crippen LogP contribution in [-0.4, -0.2) is 19.3 Å². The second kappa shape index (κ2) is 5.36. The molecule has 1 aromatic rings. The summed E-state index contributed by atoms with van der Waals surface area (Å²) in [5.41, 5.74) is 0.230. The van der Waals surface area contributed by atoms with Crippen molar-refractivity contribution in [2.75, 3.05) is 7.11 Å². The van der Waals surface area contributed by atoms with Crippen LogP contribution in [-0.2, 0) is 0 Å². The second-order valence-electron chi connectivity index (χ2n) is 4.61. The Balaban J connectivity index is 2.22. The zero-order valence-electron chi connectivity index (χ0n) is 10.4. The fourth-order valence-corrected chi connectivity index (χ4v) is 2.39. The molecule has 1 aliphatic heterocycles. The van der Waals surface area contributed by atoms with E-state index >= 15 is 0 Å². The van der Waals surface area contributed by atoms with Crippen molar-refractivity contribution in [1.29, 1.82) is 0 Å². The van der Waals surface area contributed by atoms with Crippen LogP contribution < -0.4 is 10.1 Å². The predicted molar refractivity (Wildman–Crippen MR) is 62.5 cm³/mol. The highest BCUT2D eigenvalue weighted by Gasteiger charge is 2.42. The number of rotatable bonds is 2.